The molecule has 1 fully saturated rings. The zero-order valence-electron chi connectivity index (χ0n) is 17.7. The Kier molecular flexibility index (Phi) is 5.93. The van der Waals surface area contributed by atoms with Crippen molar-refractivity contribution in [2.45, 2.75) is 31.5 Å². The second kappa shape index (κ2) is 9.15. The van der Waals surface area contributed by atoms with E-state index in [0.717, 1.165) is 29.8 Å². The minimum absolute atomic E-state index is 0.130. The maximum atomic E-state index is 12.0. The summed E-state index contributed by atoms with van der Waals surface area (Å²) in [5.41, 5.74) is 3.34. The van der Waals surface area contributed by atoms with Gasteiger partial charge in [-0.05, 0) is 58.5 Å². The summed E-state index contributed by atoms with van der Waals surface area (Å²) in [7, 11) is 0. The maximum absolute atomic E-state index is 12.0. The third-order valence-electron chi connectivity index (χ3n) is 6.14. The van der Waals surface area contributed by atoms with Gasteiger partial charge in [0, 0.05) is 11.2 Å². The number of nitrogens with zero attached hydrogens (tertiary/aromatic N) is 1. The van der Waals surface area contributed by atoms with E-state index in [1.54, 1.807) is 11.3 Å². The number of benzene rings is 3. The molecular weight excluding hydrogens is 418 g/mol. The summed E-state index contributed by atoms with van der Waals surface area (Å²) in [5.74, 6) is 0.0467. The number of carboxylic acid groups (broad SMARTS) is 1. The molecule has 2 atom stereocenters. The largest absolute Gasteiger partial charge is 0.489 e. The van der Waals surface area contributed by atoms with Gasteiger partial charge >= 0.3 is 5.97 Å². The average Bonchev–Trinajstić information content (AvgIpc) is 3.47. The molecule has 2 unspecified atom stereocenters. The number of likely N-dealkylation sites (tertiary alicyclic amines) is 1. The summed E-state index contributed by atoms with van der Waals surface area (Å²) < 4.78 is 7.31. The van der Waals surface area contributed by atoms with Crippen LogP contribution in [0.25, 0.3) is 10.1 Å². The lowest BCUT2D eigenvalue weighted by Gasteiger charge is -2.32. The fourth-order valence-corrected chi connectivity index (χ4v) is 5.62. The van der Waals surface area contributed by atoms with E-state index >= 15 is 0 Å². The predicted octanol–water partition coefficient (Wildman–Crippen LogP) is 6.12. The molecule has 0 saturated carbocycles. The third-order valence-corrected chi connectivity index (χ3v) is 7.12. The van der Waals surface area contributed by atoms with Crippen molar-refractivity contribution in [1.82, 2.24) is 4.90 Å². The molecule has 32 heavy (non-hydrogen) atoms. The van der Waals surface area contributed by atoms with E-state index in [1.165, 1.54) is 15.6 Å². The lowest BCUT2D eigenvalue weighted by atomic mass is 9.95. The molecule has 5 rings (SSSR count). The molecule has 1 N–H and O–H groups in total. The van der Waals surface area contributed by atoms with Crippen molar-refractivity contribution in [3.63, 3.8) is 0 Å². The molecule has 2 heterocycles. The highest BCUT2D eigenvalue weighted by atomic mass is 32.1. The van der Waals surface area contributed by atoms with Crippen LogP contribution in [0.1, 0.15) is 35.6 Å². The molecule has 1 saturated heterocycles. The van der Waals surface area contributed by atoms with Gasteiger partial charge in [-0.25, -0.2) is 0 Å². The quantitative estimate of drug-likeness (QED) is 0.374. The van der Waals surface area contributed by atoms with Gasteiger partial charge < -0.3 is 9.84 Å². The van der Waals surface area contributed by atoms with Gasteiger partial charge in [-0.1, -0.05) is 60.7 Å². The zero-order valence-corrected chi connectivity index (χ0v) is 18.5. The number of rotatable bonds is 7. The molecule has 0 bridgehead atoms. The Labute approximate surface area is 191 Å². The summed E-state index contributed by atoms with van der Waals surface area (Å²) in [4.78, 5) is 14.2. The van der Waals surface area contributed by atoms with E-state index in [-0.39, 0.29) is 6.04 Å². The third kappa shape index (κ3) is 4.14. The molecule has 1 aromatic heterocycles. The summed E-state index contributed by atoms with van der Waals surface area (Å²) in [5, 5.41) is 13.3. The smallest absolute Gasteiger partial charge is 0.320 e. The summed E-state index contributed by atoms with van der Waals surface area (Å²) >= 11 is 1.71. The van der Waals surface area contributed by atoms with E-state index < -0.39 is 12.0 Å². The van der Waals surface area contributed by atoms with Crippen LogP contribution in [-0.2, 0) is 11.4 Å². The number of carbonyl (C=O) groups is 1. The van der Waals surface area contributed by atoms with Crippen LogP contribution < -0.4 is 4.74 Å². The normalized spacial score (nSPS) is 17.4. The Hall–Kier alpha value is -3.15. The molecule has 1 aliphatic heterocycles. The first-order valence-electron chi connectivity index (χ1n) is 10.9. The van der Waals surface area contributed by atoms with Crippen molar-refractivity contribution in [1.29, 1.82) is 0 Å². The van der Waals surface area contributed by atoms with Crippen molar-refractivity contribution >= 4 is 27.4 Å². The Morgan fingerprint density at radius 2 is 1.88 bits per heavy atom. The van der Waals surface area contributed by atoms with Crippen LogP contribution in [0.4, 0.5) is 0 Å². The molecule has 4 aromatic rings. The lowest BCUT2D eigenvalue weighted by molar-refractivity contribution is -0.142. The van der Waals surface area contributed by atoms with Crippen LogP contribution in [0.3, 0.4) is 0 Å². The van der Waals surface area contributed by atoms with Gasteiger partial charge in [0.05, 0.1) is 6.04 Å². The van der Waals surface area contributed by atoms with Crippen molar-refractivity contribution in [2.75, 3.05) is 6.54 Å². The molecule has 3 aromatic carbocycles. The van der Waals surface area contributed by atoms with Gasteiger partial charge in [0.15, 0.2) is 0 Å². The Morgan fingerprint density at radius 1 is 1.06 bits per heavy atom. The van der Waals surface area contributed by atoms with Crippen molar-refractivity contribution in [3.8, 4) is 5.75 Å². The zero-order chi connectivity index (χ0) is 21.9. The van der Waals surface area contributed by atoms with Crippen LogP contribution in [-0.4, -0.2) is 28.6 Å². The highest BCUT2D eigenvalue weighted by Crippen LogP contribution is 2.41. The van der Waals surface area contributed by atoms with E-state index in [0.29, 0.717) is 13.0 Å². The standard InChI is InChI=1S/C27H25NO3S/c29-27(30)24-13-7-15-28(24)26(23-18-32-25-14-5-4-12-22(23)25)20-10-6-11-21(16-20)31-17-19-8-2-1-3-9-19/h1-6,8-12,14,16,18,24,26H,7,13,15,17H2,(H,29,30). The molecule has 5 heteroatoms. The number of carboxylic acids is 1. The van der Waals surface area contributed by atoms with Crippen LogP contribution >= 0.6 is 11.3 Å². The Balaban J connectivity index is 1.53. The number of aliphatic carboxylic acids is 1. The minimum atomic E-state index is -0.747. The molecule has 162 valence electrons. The number of hydrogen-bond acceptors (Lipinski definition) is 4. The number of ether oxygens (including phenoxy) is 1. The minimum Gasteiger partial charge on any atom is -0.489 e. The highest BCUT2D eigenvalue weighted by Gasteiger charge is 2.37. The van der Waals surface area contributed by atoms with Crippen LogP contribution in [0.15, 0.2) is 84.2 Å². The molecular formula is C27H25NO3S. The van der Waals surface area contributed by atoms with Gasteiger partial charge in [0.25, 0.3) is 0 Å². The van der Waals surface area contributed by atoms with Gasteiger partial charge in [-0.2, -0.15) is 0 Å². The second-order valence-electron chi connectivity index (χ2n) is 8.17. The fourth-order valence-electron chi connectivity index (χ4n) is 4.64. The summed E-state index contributed by atoms with van der Waals surface area (Å²) in [6.07, 6.45) is 1.57. The summed E-state index contributed by atoms with van der Waals surface area (Å²) in [6, 6.07) is 26.0. The van der Waals surface area contributed by atoms with Crippen LogP contribution in [0, 0.1) is 0 Å². The van der Waals surface area contributed by atoms with Gasteiger partial charge in [-0.15, -0.1) is 11.3 Å². The van der Waals surface area contributed by atoms with Gasteiger partial charge in [0.2, 0.25) is 0 Å². The van der Waals surface area contributed by atoms with Crippen LogP contribution in [0.5, 0.6) is 5.75 Å². The lowest BCUT2D eigenvalue weighted by Crippen LogP contribution is -2.39. The molecule has 1 aliphatic rings. The number of thiophene rings is 1. The molecule has 0 spiro atoms. The first-order chi connectivity index (χ1) is 15.7. The first-order valence-corrected chi connectivity index (χ1v) is 11.8. The van der Waals surface area contributed by atoms with Gasteiger partial charge in [-0.3, -0.25) is 9.69 Å². The Bertz CT molecular complexity index is 1220. The predicted molar refractivity (Wildman–Crippen MR) is 128 cm³/mol. The maximum Gasteiger partial charge on any atom is 0.320 e. The van der Waals surface area contributed by atoms with Gasteiger partial charge in [0.1, 0.15) is 18.4 Å². The molecule has 0 aliphatic carbocycles. The molecule has 0 amide bonds. The van der Waals surface area contributed by atoms with Crippen molar-refractivity contribution in [2.24, 2.45) is 0 Å². The topological polar surface area (TPSA) is 49.8 Å². The molecule has 0 radical (unpaired) electrons. The summed E-state index contributed by atoms with van der Waals surface area (Å²) in [6.45, 7) is 1.26. The highest BCUT2D eigenvalue weighted by molar-refractivity contribution is 7.17. The van der Waals surface area contributed by atoms with E-state index in [9.17, 15) is 9.90 Å². The van der Waals surface area contributed by atoms with Crippen molar-refractivity contribution < 1.29 is 14.6 Å². The van der Waals surface area contributed by atoms with E-state index in [1.807, 2.05) is 54.6 Å². The number of fused-ring (bicyclic) bond motifs is 1. The van der Waals surface area contributed by atoms with Crippen molar-refractivity contribution in [3.05, 3.63) is 101 Å². The van der Waals surface area contributed by atoms with E-state index in [4.69, 9.17) is 4.74 Å². The average molecular weight is 444 g/mol. The SMILES string of the molecule is O=C(O)C1CCCN1C(c1cccc(OCc2ccccc2)c1)c1csc2ccccc12. The first kappa shape index (κ1) is 20.7. The Morgan fingerprint density at radius 3 is 2.72 bits per heavy atom. The molecule has 4 nitrogen and oxygen atoms in total. The van der Waals surface area contributed by atoms with E-state index in [2.05, 4.69) is 34.5 Å². The van der Waals surface area contributed by atoms with Crippen LogP contribution in [0.2, 0.25) is 0 Å². The monoisotopic (exact) mass is 443 g/mol. The second-order valence-corrected chi connectivity index (χ2v) is 9.08. The number of hydrogen-bond donors (Lipinski definition) is 1. The fraction of sp³-hybridized carbons (Fsp3) is 0.222.